The molecule has 1 saturated heterocycles. The smallest absolute Gasteiger partial charge is 0.327 e. The number of carboxylic acid groups (broad SMARTS) is 1. The summed E-state index contributed by atoms with van der Waals surface area (Å²) < 4.78 is 1.13. The number of carboxylic acids is 1. The molecule has 1 aromatic heterocycles. The highest BCUT2D eigenvalue weighted by atomic mass is 32.2. The van der Waals surface area contributed by atoms with Crippen molar-refractivity contribution in [3.05, 3.63) is 30.0 Å². The van der Waals surface area contributed by atoms with Gasteiger partial charge >= 0.3 is 5.97 Å². The van der Waals surface area contributed by atoms with Gasteiger partial charge in [-0.1, -0.05) is 6.07 Å². The second-order valence-corrected chi connectivity index (χ2v) is 7.98. The summed E-state index contributed by atoms with van der Waals surface area (Å²) in [7, 11) is 1.80. The Labute approximate surface area is 138 Å². The van der Waals surface area contributed by atoms with E-state index in [9.17, 15) is 14.7 Å². The van der Waals surface area contributed by atoms with Gasteiger partial charge in [-0.2, -0.15) is 16.9 Å². The van der Waals surface area contributed by atoms with Crippen LogP contribution in [-0.4, -0.2) is 54.7 Å². The zero-order chi connectivity index (χ0) is 16.8. The van der Waals surface area contributed by atoms with Crippen LogP contribution in [0.15, 0.2) is 24.4 Å². The van der Waals surface area contributed by atoms with Crippen LogP contribution in [0.5, 0.6) is 0 Å². The molecule has 0 radical (unpaired) electrons. The number of fused-ring (bicyclic) bond motifs is 1. The third-order valence-electron chi connectivity index (χ3n) is 4.17. The maximum absolute atomic E-state index is 13.0. The van der Waals surface area contributed by atoms with Gasteiger partial charge in [-0.25, -0.2) is 4.79 Å². The van der Waals surface area contributed by atoms with Gasteiger partial charge in [-0.3, -0.25) is 9.48 Å². The number of hydrogen-bond acceptors (Lipinski definition) is 4. The number of carbonyl (C=O) groups excluding carboxylic acids is 1. The normalized spacial score (nSPS) is 20.7. The van der Waals surface area contributed by atoms with E-state index in [4.69, 9.17) is 0 Å². The zero-order valence-corrected chi connectivity index (χ0v) is 14.1. The van der Waals surface area contributed by atoms with Crippen LogP contribution in [0, 0.1) is 0 Å². The summed E-state index contributed by atoms with van der Waals surface area (Å²) in [5.41, 5.74) is 1.24. The van der Waals surface area contributed by atoms with Gasteiger partial charge in [-0.05, 0) is 26.0 Å². The van der Waals surface area contributed by atoms with E-state index in [-0.39, 0.29) is 5.91 Å². The van der Waals surface area contributed by atoms with Crippen LogP contribution in [0.25, 0.3) is 10.9 Å². The number of hydrogen-bond donors (Lipinski definition) is 1. The van der Waals surface area contributed by atoms with Crippen molar-refractivity contribution in [1.29, 1.82) is 0 Å². The number of aromatic nitrogens is 2. The van der Waals surface area contributed by atoms with E-state index in [2.05, 4.69) is 5.10 Å². The van der Waals surface area contributed by atoms with Crippen molar-refractivity contribution in [1.82, 2.24) is 14.7 Å². The number of rotatable bonds is 2. The van der Waals surface area contributed by atoms with Crippen molar-refractivity contribution in [2.45, 2.75) is 24.6 Å². The Kier molecular flexibility index (Phi) is 3.83. The van der Waals surface area contributed by atoms with Crippen molar-refractivity contribution < 1.29 is 14.7 Å². The fourth-order valence-electron chi connectivity index (χ4n) is 3.14. The number of benzene rings is 1. The van der Waals surface area contributed by atoms with Gasteiger partial charge in [0.25, 0.3) is 5.91 Å². The number of carbonyl (C=O) groups is 2. The van der Waals surface area contributed by atoms with Crippen LogP contribution >= 0.6 is 11.8 Å². The fourth-order valence-corrected chi connectivity index (χ4v) is 4.34. The Morgan fingerprint density at radius 2 is 2.13 bits per heavy atom. The monoisotopic (exact) mass is 333 g/mol. The first-order valence-corrected chi connectivity index (χ1v) is 8.40. The summed E-state index contributed by atoms with van der Waals surface area (Å²) in [6.45, 7) is 4.18. The molecule has 1 fully saturated rings. The van der Waals surface area contributed by atoms with Crippen molar-refractivity contribution in [2.24, 2.45) is 7.05 Å². The Balaban J connectivity index is 2.05. The lowest BCUT2D eigenvalue weighted by Crippen LogP contribution is -2.58. The van der Waals surface area contributed by atoms with E-state index in [0.29, 0.717) is 12.1 Å². The van der Waals surface area contributed by atoms with Gasteiger partial charge in [0.2, 0.25) is 0 Å². The highest BCUT2D eigenvalue weighted by molar-refractivity contribution is 8.00. The first kappa shape index (κ1) is 15.9. The largest absolute Gasteiger partial charge is 0.480 e. The molecule has 2 heterocycles. The third-order valence-corrected chi connectivity index (χ3v) is 5.52. The molecule has 0 saturated carbocycles. The van der Waals surface area contributed by atoms with Crippen LogP contribution in [0.3, 0.4) is 0 Å². The highest BCUT2D eigenvalue weighted by Gasteiger charge is 2.45. The molecule has 0 bridgehead atoms. The number of aliphatic carboxylic acids is 1. The molecule has 3 rings (SSSR count). The molecule has 23 heavy (non-hydrogen) atoms. The van der Waals surface area contributed by atoms with Crippen molar-refractivity contribution >= 4 is 34.5 Å². The maximum atomic E-state index is 13.0. The molecule has 1 N–H and O–H groups in total. The number of nitrogens with zero attached hydrogens (tertiary/aromatic N) is 3. The second-order valence-electron chi connectivity index (χ2n) is 6.23. The molecule has 1 aliphatic rings. The number of thioether (sulfide) groups is 1. The minimum absolute atomic E-state index is 0.246. The molecule has 0 aliphatic carbocycles. The predicted octanol–water partition coefficient (Wildman–Crippen LogP) is 1.99. The third kappa shape index (κ3) is 2.69. The molecule has 1 amide bonds. The summed E-state index contributed by atoms with van der Waals surface area (Å²) in [6, 6.07) is 4.51. The quantitative estimate of drug-likeness (QED) is 0.910. The van der Waals surface area contributed by atoms with Crippen molar-refractivity contribution in [3.8, 4) is 0 Å². The molecule has 1 aromatic carbocycles. The number of amides is 1. The molecule has 6 nitrogen and oxygen atoms in total. The van der Waals surface area contributed by atoms with E-state index >= 15 is 0 Å². The van der Waals surface area contributed by atoms with E-state index in [1.165, 1.54) is 4.90 Å². The molecule has 122 valence electrons. The van der Waals surface area contributed by atoms with Gasteiger partial charge in [-0.15, -0.1) is 0 Å². The van der Waals surface area contributed by atoms with Gasteiger partial charge < -0.3 is 10.0 Å². The molecule has 0 spiro atoms. The van der Waals surface area contributed by atoms with Crippen molar-refractivity contribution in [3.63, 3.8) is 0 Å². The minimum atomic E-state index is -0.964. The summed E-state index contributed by atoms with van der Waals surface area (Å²) in [5, 5.41) is 14.7. The predicted molar refractivity (Wildman–Crippen MR) is 89.7 cm³/mol. The molecule has 2 aromatic rings. The van der Waals surface area contributed by atoms with Crippen molar-refractivity contribution in [2.75, 3.05) is 12.3 Å². The molecule has 1 aliphatic heterocycles. The van der Waals surface area contributed by atoms with Crippen LogP contribution in [0.2, 0.25) is 0 Å². The average molecular weight is 333 g/mol. The SMILES string of the molecule is Cn1cc2c(C(=O)N3CCSC(C)(C)[C@@H]3C(=O)O)cccc2n1. The second kappa shape index (κ2) is 5.56. The van der Waals surface area contributed by atoms with Crippen LogP contribution in [0.1, 0.15) is 24.2 Å². The van der Waals surface area contributed by atoms with Gasteiger partial charge in [0, 0.05) is 35.7 Å². The fraction of sp³-hybridized carbons (Fsp3) is 0.438. The Morgan fingerprint density at radius 3 is 2.83 bits per heavy atom. The molecule has 0 unspecified atom stereocenters. The molecule has 1 atom stereocenters. The molecular weight excluding hydrogens is 314 g/mol. The highest BCUT2D eigenvalue weighted by Crippen LogP contribution is 2.36. The van der Waals surface area contributed by atoms with Gasteiger partial charge in [0.15, 0.2) is 0 Å². The first-order valence-electron chi connectivity index (χ1n) is 7.41. The Morgan fingerprint density at radius 1 is 1.39 bits per heavy atom. The zero-order valence-electron chi connectivity index (χ0n) is 13.3. The molecular formula is C16H19N3O3S. The summed E-state index contributed by atoms with van der Waals surface area (Å²) >= 11 is 1.59. The maximum Gasteiger partial charge on any atom is 0.327 e. The summed E-state index contributed by atoms with van der Waals surface area (Å²) in [6.07, 6.45) is 1.79. The van der Waals surface area contributed by atoms with E-state index in [1.807, 2.05) is 19.9 Å². The van der Waals surface area contributed by atoms with E-state index in [0.717, 1.165) is 16.7 Å². The van der Waals surface area contributed by atoms with Crippen LogP contribution in [-0.2, 0) is 11.8 Å². The van der Waals surface area contributed by atoms with E-state index < -0.39 is 16.8 Å². The lowest BCUT2D eigenvalue weighted by atomic mass is 9.99. The van der Waals surface area contributed by atoms with Crippen LogP contribution in [0.4, 0.5) is 0 Å². The first-order chi connectivity index (χ1) is 10.8. The molecule has 7 heteroatoms. The van der Waals surface area contributed by atoms with Gasteiger partial charge in [0.05, 0.1) is 11.1 Å². The van der Waals surface area contributed by atoms with E-state index in [1.54, 1.807) is 41.8 Å². The number of aryl methyl sites for hydroxylation is 1. The average Bonchev–Trinajstić information content (AvgIpc) is 2.84. The lowest BCUT2D eigenvalue weighted by Gasteiger charge is -2.43. The van der Waals surface area contributed by atoms with Gasteiger partial charge in [0.1, 0.15) is 6.04 Å². The Bertz CT molecular complexity index is 784. The topological polar surface area (TPSA) is 75.4 Å². The summed E-state index contributed by atoms with van der Waals surface area (Å²) in [4.78, 5) is 26.3. The summed E-state index contributed by atoms with van der Waals surface area (Å²) in [5.74, 6) is -0.482. The Hall–Kier alpha value is -2.02. The van der Waals surface area contributed by atoms with Crippen LogP contribution < -0.4 is 0 Å². The standard InChI is InChI=1S/C16H19N3O3S/c1-16(2)13(15(21)22)19(7-8-23-16)14(20)10-5-4-6-12-11(10)9-18(3)17-12/h4-6,9,13H,7-8H2,1-3H3,(H,21,22)/t13-/m0/s1. The minimum Gasteiger partial charge on any atom is -0.480 e. The lowest BCUT2D eigenvalue weighted by molar-refractivity contribution is -0.143.